The maximum atomic E-state index is 8.83. The van der Waals surface area contributed by atoms with Gasteiger partial charge in [-0.15, -0.1) is 0 Å². The minimum absolute atomic E-state index is 0.110. The summed E-state index contributed by atoms with van der Waals surface area (Å²) in [5.74, 6) is 0. The summed E-state index contributed by atoms with van der Waals surface area (Å²) in [6, 6.07) is 11.5. The van der Waals surface area contributed by atoms with E-state index in [4.69, 9.17) is 23.2 Å². The van der Waals surface area contributed by atoms with E-state index in [1.807, 2.05) is 36.4 Å². The second kappa shape index (κ2) is 5.13. The highest BCUT2D eigenvalue weighted by molar-refractivity contribution is 7.80. The fourth-order valence-electron chi connectivity index (χ4n) is 1.12. The van der Waals surface area contributed by atoms with Crippen LogP contribution in [-0.4, -0.2) is 4.99 Å². The monoisotopic (exact) mass is 217 g/mol. The maximum Gasteiger partial charge on any atom is 0.116 e. The molecule has 0 atom stereocenters. The third-order valence-corrected chi connectivity index (χ3v) is 2.04. The number of thiocarbonyl (C=S) groups is 1. The van der Waals surface area contributed by atoms with Crippen molar-refractivity contribution in [3.05, 3.63) is 41.6 Å². The third kappa shape index (κ3) is 3.08. The molecule has 0 aliphatic rings. The molecule has 0 heterocycles. The van der Waals surface area contributed by atoms with E-state index < -0.39 is 0 Å². The summed E-state index contributed by atoms with van der Waals surface area (Å²) in [6.07, 6.45) is 0. The molecule has 76 valence electrons. The highest BCUT2D eigenvalue weighted by atomic mass is 32.1. The Morgan fingerprint density at radius 1 is 1.40 bits per heavy atom. The molecular formula is C11H11N3S. The smallest absolute Gasteiger partial charge is 0.116 e. The first kappa shape index (κ1) is 11.2. The lowest BCUT2D eigenvalue weighted by atomic mass is 10.2. The Labute approximate surface area is 94.2 Å². The Morgan fingerprint density at radius 2 is 2.00 bits per heavy atom. The van der Waals surface area contributed by atoms with Gasteiger partial charge in [0.1, 0.15) is 16.6 Å². The SMILES string of the molecule is C/C(Nc1ccccc1)=C(\C#N)C(N)=S. The number of benzene rings is 1. The van der Waals surface area contributed by atoms with Crippen LogP contribution < -0.4 is 11.1 Å². The first-order valence-corrected chi connectivity index (χ1v) is 4.79. The topological polar surface area (TPSA) is 61.8 Å². The lowest BCUT2D eigenvalue weighted by molar-refractivity contribution is 1.34. The van der Waals surface area contributed by atoms with Gasteiger partial charge in [0, 0.05) is 11.4 Å². The Balaban J connectivity index is 2.92. The molecule has 0 aromatic heterocycles. The molecule has 0 radical (unpaired) electrons. The molecule has 1 aromatic carbocycles. The van der Waals surface area contributed by atoms with Crippen LogP contribution in [0.1, 0.15) is 6.92 Å². The highest BCUT2D eigenvalue weighted by Gasteiger charge is 2.04. The summed E-state index contributed by atoms with van der Waals surface area (Å²) in [4.78, 5) is 0.110. The molecule has 0 unspecified atom stereocenters. The molecule has 0 aliphatic heterocycles. The van der Waals surface area contributed by atoms with Crippen molar-refractivity contribution in [1.82, 2.24) is 0 Å². The van der Waals surface area contributed by atoms with E-state index in [0.29, 0.717) is 11.3 Å². The average Bonchev–Trinajstić information content (AvgIpc) is 2.19. The molecule has 0 spiro atoms. The predicted octanol–water partition coefficient (Wildman–Crippen LogP) is 2.18. The third-order valence-electron chi connectivity index (χ3n) is 1.84. The van der Waals surface area contributed by atoms with E-state index in [1.54, 1.807) is 6.92 Å². The lowest BCUT2D eigenvalue weighted by Crippen LogP contribution is -2.14. The van der Waals surface area contributed by atoms with Crippen LogP contribution in [0.5, 0.6) is 0 Å². The van der Waals surface area contributed by atoms with Gasteiger partial charge in [-0.1, -0.05) is 30.4 Å². The summed E-state index contributed by atoms with van der Waals surface area (Å²) in [7, 11) is 0. The molecule has 0 bridgehead atoms. The van der Waals surface area contributed by atoms with Crippen molar-refractivity contribution in [2.24, 2.45) is 5.73 Å². The van der Waals surface area contributed by atoms with Gasteiger partial charge >= 0.3 is 0 Å². The van der Waals surface area contributed by atoms with Crippen LogP contribution in [0.2, 0.25) is 0 Å². The molecule has 15 heavy (non-hydrogen) atoms. The molecule has 0 amide bonds. The Kier molecular flexibility index (Phi) is 3.83. The van der Waals surface area contributed by atoms with E-state index in [9.17, 15) is 0 Å². The van der Waals surface area contributed by atoms with Crippen LogP contribution in [0.15, 0.2) is 41.6 Å². The van der Waals surface area contributed by atoms with Gasteiger partial charge < -0.3 is 11.1 Å². The molecule has 3 nitrogen and oxygen atoms in total. The quantitative estimate of drug-likeness (QED) is 0.463. The van der Waals surface area contributed by atoms with Crippen molar-refractivity contribution < 1.29 is 0 Å². The van der Waals surface area contributed by atoms with Gasteiger partial charge in [0.15, 0.2) is 0 Å². The fourth-order valence-corrected chi connectivity index (χ4v) is 1.32. The molecular weight excluding hydrogens is 206 g/mol. The number of nitrogens with zero attached hydrogens (tertiary/aromatic N) is 1. The molecule has 3 N–H and O–H groups in total. The minimum Gasteiger partial charge on any atom is -0.389 e. The van der Waals surface area contributed by atoms with Crippen LogP contribution in [0.4, 0.5) is 5.69 Å². The molecule has 0 fully saturated rings. The van der Waals surface area contributed by atoms with Crippen molar-refractivity contribution in [1.29, 1.82) is 5.26 Å². The van der Waals surface area contributed by atoms with Crippen LogP contribution >= 0.6 is 12.2 Å². The Bertz CT molecular complexity index is 429. The number of rotatable bonds is 3. The van der Waals surface area contributed by atoms with Crippen molar-refractivity contribution >= 4 is 22.9 Å². The Morgan fingerprint density at radius 3 is 2.47 bits per heavy atom. The number of nitriles is 1. The zero-order chi connectivity index (χ0) is 11.3. The van der Waals surface area contributed by atoms with Gasteiger partial charge in [-0.2, -0.15) is 5.26 Å². The first-order valence-electron chi connectivity index (χ1n) is 4.38. The number of para-hydroxylation sites is 1. The van der Waals surface area contributed by atoms with Crippen molar-refractivity contribution in [2.45, 2.75) is 6.92 Å². The van der Waals surface area contributed by atoms with Crippen molar-refractivity contribution in [3.63, 3.8) is 0 Å². The zero-order valence-corrected chi connectivity index (χ0v) is 9.14. The Hall–Kier alpha value is -1.86. The number of hydrogen-bond acceptors (Lipinski definition) is 3. The van der Waals surface area contributed by atoms with E-state index in [1.165, 1.54) is 0 Å². The summed E-state index contributed by atoms with van der Waals surface area (Å²) < 4.78 is 0. The van der Waals surface area contributed by atoms with E-state index in [0.717, 1.165) is 5.69 Å². The van der Waals surface area contributed by atoms with Gasteiger partial charge in [-0.25, -0.2) is 0 Å². The van der Waals surface area contributed by atoms with Gasteiger partial charge in [-0.3, -0.25) is 0 Å². The molecule has 0 saturated carbocycles. The van der Waals surface area contributed by atoms with E-state index in [-0.39, 0.29) is 4.99 Å². The van der Waals surface area contributed by atoms with Crippen LogP contribution in [0.25, 0.3) is 0 Å². The normalized spacial score (nSPS) is 11.2. The van der Waals surface area contributed by atoms with Gasteiger partial charge in [0.2, 0.25) is 0 Å². The fraction of sp³-hybridized carbons (Fsp3) is 0.0909. The molecule has 0 aliphatic carbocycles. The standard InChI is InChI=1S/C11H11N3S/c1-8(10(7-12)11(13)15)14-9-5-3-2-4-6-9/h2-6,14H,1H3,(H2,13,15)/b10-8-. The predicted molar refractivity (Wildman–Crippen MR) is 65.2 cm³/mol. The second-order valence-electron chi connectivity index (χ2n) is 2.97. The summed E-state index contributed by atoms with van der Waals surface area (Å²) in [6.45, 7) is 1.77. The summed E-state index contributed by atoms with van der Waals surface area (Å²) in [5.41, 5.74) is 7.29. The van der Waals surface area contributed by atoms with Gasteiger partial charge in [0.25, 0.3) is 0 Å². The van der Waals surface area contributed by atoms with Crippen LogP contribution in [0, 0.1) is 11.3 Å². The molecule has 1 rings (SSSR count). The van der Waals surface area contributed by atoms with Gasteiger partial charge in [0.05, 0.1) is 0 Å². The largest absolute Gasteiger partial charge is 0.389 e. The van der Waals surface area contributed by atoms with E-state index >= 15 is 0 Å². The second-order valence-corrected chi connectivity index (χ2v) is 3.41. The number of nitrogens with two attached hydrogens (primary N) is 1. The minimum atomic E-state index is 0.110. The number of nitrogens with one attached hydrogen (secondary N) is 1. The first-order chi connectivity index (χ1) is 7.15. The maximum absolute atomic E-state index is 8.83. The van der Waals surface area contributed by atoms with E-state index in [2.05, 4.69) is 5.32 Å². The summed E-state index contributed by atoms with van der Waals surface area (Å²) in [5, 5.41) is 11.9. The van der Waals surface area contributed by atoms with Crippen LogP contribution in [-0.2, 0) is 0 Å². The summed E-state index contributed by atoms with van der Waals surface area (Å²) >= 11 is 4.77. The highest BCUT2D eigenvalue weighted by Crippen LogP contribution is 2.11. The molecule has 4 heteroatoms. The zero-order valence-electron chi connectivity index (χ0n) is 8.32. The molecule has 1 aromatic rings. The number of allylic oxidation sites excluding steroid dienone is 1. The van der Waals surface area contributed by atoms with Crippen molar-refractivity contribution in [3.8, 4) is 6.07 Å². The molecule has 0 saturated heterocycles. The van der Waals surface area contributed by atoms with Crippen molar-refractivity contribution in [2.75, 3.05) is 5.32 Å². The average molecular weight is 217 g/mol. The van der Waals surface area contributed by atoms with Gasteiger partial charge in [-0.05, 0) is 19.1 Å². The lowest BCUT2D eigenvalue weighted by Gasteiger charge is -2.07. The number of hydrogen-bond donors (Lipinski definition) is 2. The number of anilines is 1. The van der Waals surface area contributed by atoms with Crippen LogP contribution in [0.3, 0.4) is 0 Å².